The lowest BCUT2D eigenvalue weighted by Crippen LogP contribution is -2.52. The van der Waals surface area contributed by atoms with E-state index in [0.29, 0.717) is 30.3 Å². The summed E-state index contributed by atoms with van der Waals surface area (Å²) in [4.78, 5) is 31.5. The number of thiazole rings is 1. The molecule has 9 heteroatoms. The van der Waals surface area contributed by atoms with Crippen LogP contribution < -0.4 is 11.1 Å². The Morgan fingerprint density at radius 1 is 1.50 bits per heavy atom. The Bertz CT molecular complexity index is 659. The second kappa shape index (κ2) is 7.19. The van der Waals surface area contributed by atoms with E-state index in [-0.39, 0.29) is 24.2 Å². The molecule has 1 saturated heterocycles. The van der Waals surface area contributed by atoms with Crippen LogP contribution in [0.3, 0.4) is 0 Å². The second-order valence-electron chi connectivity index (χ2n) is 4.54. The van der Waals surface area contributed by atoms with Gasteiger partial charge in [-0.15, -0.1) is 35.1 Å². The fourth-order valence-electron chi connectivity index (χ4n) is 2.27. The molecule has 0 bridgehead atoms. The molecule has 1 atom stereocenters. The highest BCUT2D eigenvalue weighted by Crippen LogP contribution is 2.28. The first-order chi connectivity index (χ1) is 10.2. The Balaban J connectivity index is 0.00000176. The average Bonchev–Trinajstić information content (AvgIpc) is 3.17. The maximum absolute atomic E-state index is 12.6. The maximum atomic E-state index is 12.6. The molecule has 1 aliphatic heterocycles. The summed E-state index contributed by atoms with van der Waals surface area (Å²) in [7, 11) is 0. The third-order valence-electron chi connectivity index (χ3n) is 3.23. The van der Waals surface area contributed by atoms with Gasteiger partial charge in [-0.2, -0.15) is 0 Å². The first-order valence-corrected chi connectivity index (χ1v) is 8.23. The van der Waals surface area contributed by atoms with E-state index in [1.165, 1.54) is 22.7 Å². The lowest BCUT2D eigenvalue weighted by molar-refractivity contribution is -0.127. The number of nitrogens with one attached hydrogen (secondary N) is 1. The fraction of sp³-hybridized carbons (Fsp3) is 0.308. The van der Waals surface area contributed by atoms with Crippen molar-refractivity contribution in [3.8, 4) is 0 Å². The number of nitrogens with two attached hydrogens (primary N) is 1. The van der Waals surface area contributed by atoms with Gasteiger partial charge in [0.05, 0.1) is 0 Å². The number of rotatable bonds is 3. The zero-order valence-electron chi connectivity index (χ0n) is 11.5. The molecule has 22 heavy (non-hydrogen) atoms. The molecule has 1 unspecified atom stereocenters. The van der Waals surface area contributed by atoms with Crippen molar-refractivity contribution in [1.82, 2.24) is 15.2 Å². The van der Waals surface area contributed by atoms with Crippen molar-refractivity contribution in [3.05, 3.63) is 38.5 Å². The summed E-state index contributed by atoms with van der Waals surface area (Å²) in [6.07, 6.45) is 0. The first-order valence-electron chi connectivity index (χ1n) is 6.47. The number of piperazine rings is 1. The molecule has 1 aliphatic rings. The zero-order chi connectivity index (χ0) is 14.8. The molecular weight excluding hydrogens is 344 g/mol. The fourth-order valence-corrected chi connectivity index (χ4v) is 3.75. The summed E-state index contributed by atoms with van der Waals surface area (Å²) in [5, 5.41) is 7.12. The minimum atomic E-state index is -0.575. The third-order valence-corrected chi connectivity index (χ3v) is 5.03. The standard InChI is InChI=1S/C13H14N4O2S2.ClH/c14-6-10-16-8(7-21-10)13(19)17-4-3-15-12(18)11(17)9-2-1-5-20-9;/h1-2,5,7,11H,3-4,6,14H2,(H,15,18);1H. The van der Waals surface area contributed by atoms with Crippen molar-refractivity contribution in [2.75, 3.05) is 13.1 Å². The van der Waals surface area contributed by atoms with Gasteiger partial charge in [-0.05, 0) is 11.4 Å². The Morgan fingerprint density at radius 3 is 2.95 bits per heavy atom. The van der Waals surface area contributed by atoms with Crippen LogP contribution in [-0.4, -0.2) is 34.8 Å². The highest BCUT2D eigenvalue weighted by Gasteiger charge is 2.36. The summed E-state index contributed by atoms with van der Waals surface area (Å²) < 4.78 is 0. The number of nitrogens with zero attached hydrogens (tertiary/aromatic N) is 2. The van der Waals surface area contributed by atoms with Crippen LogP contribution in [0.1, 0.15) is 26.4 Å². The highest BCUT2D eigenvalue weighted by molar-refractivity contribution is 7.10. The number of carbonyl (C=O) groups is 2. The molecule has 3 rings (SSSR count). The third kappa shape index (κ3) is 3.14. The van der Waals surface area contributed by atoms with Gasteiger partial charge in [-0.25, -0.2) is 4.98 Å². The van der Waals surface area contributed by atoms with E-state index in [9.17, 15) is 9.59 Å². The molecule has 6 nitrogen and oxygen atoms in total. The monoisotopic (exact) mass is 358 g/mol. The van der Waals surface area contributed by atoms with Crippen molar-refractivity contribution in [2.24, 2.45) is 5.73 Å². The highest BCUT2D eigenvalue weighted by atomic mass is 35.5. The smallest absolute Gasteiger partial charge is 0.274 e. The second-order valence-corrected chi connectivity index (χ2v) is 6.46. The lowest BCUT2D eigenvalue weighted by Gasteiger charge is -2.34. The molecule has 118 valence electrons. The molecule has 3 heterocycles. The van der Waals surface area contributed by atoms with Gasteiger partial charge in [-0.3, -0.25) is 9.59 Å². The van der Waals surface area contributed by atoms with Gasteiger partial charge in [0.15, 0.2) is 0 Å². The minimum Gasteiger partial charge on any atom is -0.352 e. The molecule has 0 aromatic carbocycles. The minimum absolute atomic E-state index is 0. The molecule has 3 N–H and O–H groups in total. The van der Waals surface area contributed by atoms with Crippen LogP contribution in [-0.2, 0) is 11.3 Å². The SMILES string of the molecule is Cl.NCc1nc(C(=O)N2CCNC(=O)C2c2cccs2)cs1. The number of amides is 2. The van der Waals surface area contributed by atoms with E-state index in [2.05, 4.69) is 10.3 Å². The van der Waals surface area contributed by atoms with E-state index in [1.54, 1.807) is 10.3 Å². The Kier molecular flexibility index (Phi) is 5.52. The molecule has 0 spiro atoms. The number of hydrogen-bond acceptors (Lipinski definition) is 6. The van der Waals surface area contributed by atoms with Crippen LogP contribution in [0, 0.1) is 0 Å². The molecule has 1 fully saturated rings. The number of halogens is 1. The van der Waals surface area contributed by atoms with Gasteiger partial charge in [-0.1, -0.05) is 6.07 Å². The van der Waals surface area contributed by atoms with Crippen LogP contribution in [0.15, 0.2) is 22.9 Å². The summed E-state index contributed by atoms with van der Waals surface area (Å²) in [5.41, 5.74) is 5.89. The number of thiophene rings is 1. The van der Waals surface area contributed by atoms with E-state index in [0.717, 1.165) is 4.88 Å². The topological polar surface area (TPSA) is 88.3 Å². The molecule has 0 aliphatic carbocycles. The van der Waals surface area contributed by atoms with E-state index in [4.69, 9.17) is 5.73 Å². The van der Waals surface area contributed by atoms with Crippen LogP contribution in [0.5, 0.6) is 0 Å². The van der Waals surface area contributed by atoms with E-state index < -0.39 is 6.04 Å². The van der Waals surface area contributed by atoms with Crippen LogP contribution in [0.25, 0.3) is 0 Å². The first kappa shape index (κ1) is 16.9. The van der Waals surface area contributed by atoms with Gasteiger partial charge < -0.3 is 16.0 Å². The Morgan fingerprint density at radius 2 is 2.32 bits per heavy atom. The normalized spacial score (nSPS) is 17.8. The number of carbonyl (C=O) groups excluding carboxylic acids is 2. The van der Waals surface area contributed by atoms with Crippen LogP contribution in [0.4, 0.5) is 0 Å². The van der Waals surface area contributed by atoms with Gasteiger partial charge in [0.2, 0.25) is 5.91 Å². The van der Waals surface area contributed by atoms with Gasteiger partial charge in [0.1, 0.15) is 16.7 Å². The maximum Gasteiger partial charge on any atom is 0.274 e. The Hall–Kier alpha value is -1.48. The molecule has 2 aromatic heterocycles. The van der Waals surface area contributed by atoms with Gasteiger partial charge in [0.25, 0.3) is 5.91 Å². The summed E-state index contributed by atoms with van der Waals surface area (Å²) >= 11 is 2.83. The lowest BCUT2D eigenvalue weighted by atomic mass is 10.1. The van der Waals surface area contributed by atoms with Gasteiger partial charge >= 0.3 is 0 Å². The molecule has 2 amide bonds. The Labute approximate surface area is 141 Å². The number of aromatic nitrogens is 1. The summed E-state index contributed by atoms with van der Waals surface area (Å²) in [6, 6.07) is 3.17. The van der Waals surface area contributed by atoms with Crippen LogP contribution in [0.2, 0.25) is 0 Å². The predicted molar refractivity (Wildman–Crippen MR) is 88.4 cm³/mol. The van der Waals surface area contributed by atoms with Crippen molar-refractivity contribution < 1.29 is 9.59 Å². The van der Waals surface area contributed by atoms with Crippen molar-refractivity contribution >= 4 is 46.9 Å². The van der Waals surface area contributed by atoms with E-state index in [1.807, 2.05) is 17.5 Å². The molecular formula is C13H15ClN4O2S2. The van der Waals surface area contributed by atoms with Crippen molar-refractivity contribution in [3.63, 3.8) is 0 Å². The predicted octanol–water partition coefficient (Wildman–Crippen LogP) is 1.40. The quantitative estimate of drug-likeness (QED) is 0.868. The van der Waals surface area contributed by atoms with Crippen molar-refractivity contribution in [1.29, 1.82) is 0 Å². The molecule has 0 saturated carbocycles. The van der Waals surface area contributed by atoms with Crippen LogP contribution >= 0.6 is 35.1 Å². The summed E-state index contributed by atoms with van der Waals surface area (Å²) in [5.74, 6) is -0.370. The molecule has 0 radical (unpaired) electrons. The van der Waals surface area contributed by atoms with Crippen molar-refractivity contribution in [2.45, 2.75) is 12.6 Å². The zero-order valence-corrected chi connectivity index (χ0v) is 14.0. The van der Waals surface area contributed by atoms with Gasteiger partial charge in [0, 0.05) is 29.9 Å². The van der Waals surface area contributed by atoms with E-state index >= 15 is 0 Å². The largest absolute Gasteiger partial charge is 0.352 e. The summed E-state index contributed by atoms with van der Waals surface area (Å²) in [6.45, 7) is 1.25. The average molecular weight is 359 g/mol. The molecule has 2 aromatic rings. The number of hydrogen-bond donors (Lipinski definition) is 2.